The van der Waals surface area contributed by atoms with Crippen LogP contribution in [0, 0.1) is 0 Å². The number of allylic oxidation sites excluding steroid dienone is 2. The van der Waals surface area contributed by atoms with Crippen molar-refractivity contribution in [1.82, 2.24) is 0 Å². The van der Waals surface area contributed by atoms with Gasteiger partial charge in [0.1, 0.15) is 0 Å². The lowest BCUT2D eigenvalue weighted by atomic mass is 10.1. The van der Waals surface area contributed by atoms with Crippen molar-refractivity contribution in [1.29, 1.82) is 0 Å². The molecule has 0 saturated heterocycles. The number of hydrogen-bond donors (Lipinski definition) is 1. The standard InChI is InChI=1S/C20H39NOS/c1-2-3-4-5-6-7-8-9-10-11-12-13-14-15-16-17-20(22)23-19-18-21/h9-10H,2-8,11-19,21H2,1H3. The maximum Gasteiger partial charge on any atom is 0.188 e. The fourth-order valence-electron chi connectivity index (χ4n) is 2.59. The second-order valence-corrected chi connectivity index (χ2v) is 7.50. The lowest BCUT2D eigenvalue weighted by Gasteiger charge is -2.01. The molecule has 136 valence electrons. The van der Waals surface area contributed by atoms with Crippen LogP contribution in [-0.2, 0) is 4.79 Å². The average molecular weight is 342 g/mol. The summed E-state index contributed by atoms with van der Waals surface area (Å²) in [4.78, 5) is 11.4. The van der Waals surface area contributed by atoms with E-state index < -0.39 is 0 Å². The van der Waals surface area contributed by atoms with Crippen LogP contribution < -0.4 is 5.73 Å². The number of carbonyl (C=O) groups excluding carboxylic acids is 1. The van der Waals surface area contributed by atoms with Crippen LogP contribution in [0.3, 0.4) is 0 Å². The Morgan fingerprint density at radius 3 is 1.91 bits per heavy atom. The summed E-state index contributed by atoms with van der Waals surface area (Å²) in [6, 6.07) is 0. The molecule has 0 fully saturated rings. The van der Waals surface area contributed by atoms with E-state index in [0.717, 1.165) is 18.6 Å². The SMILES string of the molecule is CCCCCCCCC=CCCCCCCCC(=O)SCCN. The highest BCUT2D eigenvalue weighted by molar-refractivity contribution is 8.13. The maximum atomic E-state index is 11.4. The topological polar surface area (TPSA) is 43.1 Å². The molecule has 0 saturated carbocycles. The van der Waals surface area contributed by atoms with Gasteiger partial charge < -0.3 is 5.73 Å². The third-order valence-electron chi connectivity index (χ3n) is 4.02. The first-order valence-corrected chi connectivity index (χ1v) is 10.8. The summed E-state index contributed by atoms with van der Waals surface area (Å²) < 4.78 is 0. The van der Waals surface area contributed by atoms with Crippen LogP contribution in [0.5, 0.6) is 0 Å². The third-order valence-corrected chi connectivity index (χ3v) is 4.99. The summed E-state index contributed by atoms with van der Waals surface area (Å²) in [7, 11) is 0. The summed E-state index contributed by atoms with van der Waals surface area (Å²) in [6.45, 7) is 2.87. The molecule has 0 spiro atoms. The summed E-state index contributed by atoms with van der Waals surface area (Å²) in [5, 5.41) is 0.313. The Morgan fingerprint density at radius 1 is 0.826 bits per heavy atom. The fraction of sp³-hybridized carbons (Fsp3) is 0.850. The lowest BCUT2D eigenvalue weighted by molar-refractivity contribution is -0.111. The van der Waals surface area contributed by atoms with Crippen LogP contribution in [0.1, 0.15) is 96.8 Å². The molecule has 0 amide bonds. The van der Waals surface area contributed by atoms with Gasteiger partial charge >= 0.3 is 0 Å². The number of hydrogen-bond acceptors (Lipinski definition) is 3. The molecule has 0 aromatic rings. The molecule has 0 unspecified atom stereocenters. The third kappa shape index (κ3) is 19.7. The van der Waals surface area contributed by atoms with E-state index >= 15 is 0 Å². The van der Waals surface area contributed by atoms with Crippen LogP contribution in [0.25, 0.3) is 0 Å². The zero-order valence-electron chi connectivity index (χ0n) is 15.4. The smallest absolute Gasteiger partial charge is 0.188 e. The molecular weight excluding hydrogens is 302 g/mol. The van der Waals surface area contributed by atoms with Crippen molar-refractivity contribution in [2.75, 3.05) is 12.3 Å². The first-order valence-electron chi connectivity index (χ1n) is 9.82. The van der Waals surface area contributed by atoms with E-state index in [1.807, 2.05) is 0 Å². The van der Waals surface area contributed by atoms with Gasteiger partial charge in [0.05, 0.1) is 0 Å². The van der Waals surface area contributed by atoms with E-state index in [1.165, 1.54) is 88.8 Å². The Balaban J connectivity index is 3.14. The highest BCUT2D eigenvalue weighted by Gasteiger charge is 2.01. The van der Waals surface area contributed by atoms with Crippen molar-refractivity contribution in [3.05, 3.63) is 12.2 Å². The van der Waals surface area contributed by atoms with Gasteiger partial charge in [-0.2, -0.15) is 0 Å². The van der Waals surface area contributed by atoms with Crippen LogP contribution >= 0.6 is 11.8 Å². The van der Waals surface area contributed by atoms with Crippen molar-refractivity contribution < 1.29 is 4.79 Å². The first-order chi connectivity index (χ1) is 11.3. The Labute approximate surface area is 149 Å². The zero-order valence-corrected chi connectivity index (χ0v) is 16.2. The molecule has 2 nitrogen and oxygen atoms in total. The molecule has 0 aromatic heterocycles. The highest BCUT2D eigenvalue weighted by Crippen LogP contribution is 2.12. The lowest BCUT2D eigenvalue weighted by Crippen LogP contribution is -2.04. The molecule has 0 aromatic carbocycles. The van der Waals surface area contributed by atoms with Crippen molar-refractivity contribution in [2.45, 2.75) is 96.8 Å². The summed E-state index contributed by atoms with van der Waals surface area (Å²) in [5.74, 6) is 0.768. The van der Waals surface area contributed by atoms with Crippen LogP contribution in [0.15, 0.2) is 12.2 Å². The quantitative estimate of drug-likeness (QED) is 0.251. The molecule has 0 aliphatic carbocycles. The summed E-state index contributed by atoms with van der Waals surface area (Å²) >= 11 is 1.39. The minimum atomic E-state index is 0.313. The molecular formula is C20H39NOS. The van der Waals surface area contributed by atoms with Gasteiger partial charge in [-0.15, -0.1) is 0 Å². The number of rotatable bonds is 17. The van der Waals surface area contributed by atoms with Gasteiger partial charge in [-0.05, 0) is 32.1 Å². The van der Waals surface area contributed by atoms with Gasteiger partial charge in [0.15, 0.2) is 5.12 Å². The minimum Gasteiger partial charge on any atom is -0.330 e. The summed E-state index contributed by atoms with van der Waals surface area (Å²) in [5.41, 5.74) is 5.38. The molecule has 0 rings (SSSR count). The van der Waals surface area contributed by atoms with E-state index in [1.54, 1.807) is 0 Å². The van der Waals surface area contributed by atoms with Gasteiger partial charge in [-0.3, -0.25) is 4.79 Å². The molecule has 0 aliphatic heterocycles. The fourth-order valence-corrected chi connectivity index (χ4v) is 3.22. The van der Waals surface area contributed by atoms with Gasteiger partial charge in [0, 0.05) is 18.7 Å². The van der Waals surface area contributed by atoms with Crippen LogP contribution in [0.4, 0.5) is 0 Å². The number of carbonyl (C=O) groups is 1. The van der Waals surface area contributed by atoms with E-state index in [9.17, 15) is 4.79 Å². The van der Waals surface area contributed by atoms with Gasteiger partial charge in [0.2, 0.25) is 0 Å². The van der Waals surface area contributed by atoms with Gasteiger partial charge in [-0.25, -0.2) is 0 Å². The largest absolute Gasteiger partial charge is 0.330 e. The Bertz CT molecular complexity index is 279. The van der Waals surface area contributed by atoms with Gasteiger partial charge in [-0.1, -0.05) is 82.2 Å². The van der Waals surface area contributed by atoms with E-state index in [0.29, 0.717) is 11.7 Å². The number of thioether (sulfide) groups is 1. The molecule has 0 radical (unpaired) electrons. The second-order valence-electron chi connectivity index (χ2n) is 6.34. The predicted octanol–water partition coefficient (Wildman–Crippen LogP) is 6.24. The monoisotopic (exact) mass is 341 g/mol. The first kappa shape index (κ1) is 22.7. The molecule has 0 aliphatic rings. The van der Waals surface area contributed by atoms with E-state index in [2.05, 4.69) is 19.1 Å². The Kier molecular flexibility index (Phi) is 19.5. The average Bonchev–Trinajstić information content (AvgIpc) is 2.56. The van der Waals surface area contributed by atoms with E-state index in [4.69, 9.17) is 5.73 Å². The molecule has 3 heteroatoms. The van der Waals surface area contributed by atoms with Crippen molar-refractivity contribution in [3.8, 4) is 0 Å². The Hall–Kier alpha value is -0.280. The maximum absolute atomic E-state index is 11.4. The summed E-state index contributed by atoms with van der Waals surface area (Å²) in [6.07, 6.45) is 22.3. The molecule has 23 heavy (non-hydrogen) atoms. The number of unbranched alkanes of at least 4 members (excludes halogenated alkanes) is 11. The van der Waals surface area contributed by atoms with Crippen molar-refractivity contribution in [2.24, 2.45) is 5.73 Å². The highest BCUT2D eigenvalue weighted by atomic mass is 32.2. The molecule has 0 heterocycles. The molecule has 0 bridgehead atoms. The normalized spacial score (nSPS) is 11.4. The van der Waals surface area contributed by atoms with E-state index in [-0.39, 0.29) is 0 Å². The zero-order chi connectivity index (χ0) is 17.0. The minimum absolute atomic E-state index is 0.313. The van der Waals surface area contributed by atoms with Crippen molar-refractivity contribution >= 4 is 16.9 Å². The second kappa shape index (κ2) is 19.8. The molecule has 2 N–H and O–H groups in total. The predicted molar refractivity (Wildman–Crippen MR) is 106 cm³/mol. The van der Waals surface area contributed by atoms with Gasteiger partial charge in [0.25, 0.3) is 0 Å². The number of nitrogens with two attached hydrogens (primary N) is 1. The van der Waals surface area contributed by atoms with Crippen LogP contribution in [0.2, 0.25) is 0 Å². The Morgan fingerprint density at radius 2 is 1.35 bits per heavy atom. The molecule has 0 atom stereocenters. The van der Waals surface area contributed by atoms with Crippen LogP contribution in [-0.4, -0.2) is 17.4 Å². The van der Waals surface area contributed by atoms with Crippen molar-refractivity contribution in [3.63, 3.8) is 0 Å².